The van der Waals surface area contributed by atoms with Gasteiger partial charge < -0.3 is 19.5 Å². The molecule has 1 heterocycles. The Morgan fingerprint density at radius 2 is 1.75 bits per heavy atom. The summed E-state index contributed by atoms with van der Waals surface area (Å²) in [6.45, 7) is 0.783. The first kappa shape index (κ1) is 19.9. The number of ether oxygens (including phenoxy) is 3. The van der Waals surface area contributed by atoms with Crippen LogP contribution in [0.2, 0.25) is 0 Å². The van der Waals surface area contributed by atoms with Gasteiger partial charge in [0.1, 0.15) is 5.82 Å². The summed E-state index contributed by atoms with van der Waals surface area (Å²) in [5.74, 6) is 0.811. The summed E-state index contributed by atoms with van der Waals surface area (Å²) < 4.78 is 29.2. The Bertz CT molecular complexity index is 804. The number of hydrogen-bond donors (Lipinski definition) is 3. The van der Waals surface area contributed by atoms with Crippen molar-refractivity contribution in [3.05, 3.63) is 53.3 Å². The maximum atomic E-state index is 13.2. The Morgan fingerprint density at radius 1 is 1.11 bits per heavy atom. The molecule has 0 aliphatic carbocycles. The van der Waals surface area contributed by atoms with Crippen molar-refractivity contribution >= 4 is 5.91 Å². The van der Waals surface area contributed by atoms with Crippen LogP contribution in [0.25, 0.3) is 0 Å². The highest BCUT2D eigenvalue weighted by molar-refractivity contribution is 5.80. The second-order valence-corrected chi connectivity index (χ2v) is 6.41. The molecule has 1 aliphatic heterocycles. The van der Waals surface area contributed by atoms with Crippen LogP contribution >= 0.6 is 0 Å². The average Bonchev–Trinajstić information content (AvgIpc) is 3.21. The summed E-state index contributed by atoms with van der Waals surface area (Å²) in [7, 11) is 4.63. The summed E-state index contributed by atoms with van der Waals surface area (Å²) in [4.78, 5) is 12.7. The molecule has 2 unspecified atom stereocenters. The number of nitrogens with one attached hydrogen (secondary N) is 3. The summed E-state index contributed by atoms with van der Waals surface area (Å²) in [5.41, 5.74) is 7.75. The van der Waals surface area contributed by atoms with E-state index >= 15 is 0 Å². The van der Waals surface area contributed by atoms with E-state index in [0.29, 0.717) is 30.3 Å². The number of benzene rings is 2. The molecule has 3 N–H and O–H groups in total. The van der Waals surface area contributed by atoms with E-state index in [1.165, 1.54) is 19.2 Å². The molecule has 2 aromatic rings. The molecule has 0 spiro atoms. The topological polar surface area (TPSA) is 80.9 Å². The molecule has 1 amide bonds. The molecule has 2 aromatic carbocycles. The van der Waals surface area contributed by atoms with E-state index in [2.05, 4.69) is 16.2 Å². The van der Waals surface area contributed by atoms with Crippen LogP contribution in [0.5, 0.6) is 17.2 Å². The maximum Gasteiger partial charge on any atom is 0.226 e. The molecule has 7 nitrogen and oxygen atoms in total. The van der Waals surface area contributed by atoms with Gasteiger partial charge in [-0.1, -0.05) is 12.1 Å². The molecule has 1 saturated heterocycles. The molecule has 0 bridgehead atoms. The van der Waals surface area contributed by atoms with Crippen LogP contribution in [-0.4, -0.2) is 33.8 Å². The largest absolute Gasteiger partial charge is 0.493 e. The maximum absolute atomic E-state index is 13.2. The number of hydrazine groups is 1. The smallest absolute Gasteiger partial charge is 0.226 e. The van der Waals surface area contributed by atoms with Crippen molar-refractivity contribution in [3.63, 3.8) is 0 Å². The fourth-order valence-electron chi connectivity index (χ4n) is 3.28. The first-order chi connectivity index (χ1) is 13.6. The summed E-state index contributed by atoms with van der Waals surface area (Å²) >= 11 is 0. The number of rotatable bonds is 7. The fraction of sp³-hybridized carbons (Fsp3) is 0.350. The Balaban J connectivity index is 1.70. The van der Waals surface area contributed by atoms with Crippen molar-refractivity contribution in [2.75, 3.05) is 27.9 Å². The molecule has 1 aliphatic rings. The minimum Gasteiger partial charge on any atom is -0.493 e. The third kappa shape index (κ3) is 4.18. The zero-order valence-corrected chi connectivity index (χ0v) is 16.0. The van der Waals surface area contributed by atoms with Crippen LogP contribution in [0.3, 0.4) is 0 Å². The molecule has 28 heavy (non-hydrogen) atoms. The van der Waals surface area contributed by atoms with Crippen LogP contribution in [0.4, 0.5) is 4.39 Å². The van der Waals surface area contributed by atoms with Gasteiger partial charge in [0, 0.05) is 13.1 Å². The highest BCUT2D eigenvalue weighted by atomic mass is 19.1. The molecule has 8 heteroatoms. The Morgan fingerprint density at radius 3 is 2.32 bits per heavy atom. The van der Waals surface area contributed by atoms with Crippen LogP contribution in [0.15, 0.2) is 36.4 Å². The van der Waals surface area contributed by atoms with Gasteiger partial charge >= 0.3 is 0 Å². The lowest BCUT2D eigenvalue weighted by molar-refractivity contribution is -0.125. The lowest BCUT2D eigenvalue weighted by atomic mass is 9.94. The summed E-state index contributed by atoms with van der Waals surface area (Å²) in [5, 5.41) is 2.95. The SMILES string of the molecule is COc1cc(CNC(=O)C2CNNC2c2ccc(F)cc2)cc(OC)c1OC. The Kier molecular flexibility index (Phi) is 6.33. The van der Waals surface area contributed by atoms with Gasteiger partial charge in [-0.3, -0.25) is 10.2 Å². The average molecular weight is 389 g/mol. The van der Waals surface area contributed by atoms with Crippen molar-refractivity contribution in [2.45, 2.75) is 12.6 Å². The summed E-state index contributed by atoms with van der Waals surface area (Å²) in [6, 6.07) is 9.49. The van der Waals surface area contributed by atoms with E-state index in [-0.39, 0.29) is 23.7 Å². The predicted octanol–water partition coefficient (Wildman–Crippen LogP) is 1.93. The minimum absolute atomic E-state index is 0.111. The van der Waals surface area contributed by atoms with Crippen molar-refractivity contribution in [1.29, 1.82) is 0 Å². The van der Waals surface area contributed by atoms with Gasteiger partial charge in [0.2, 0.25) is 11.7 Å². The summed E-state index contributed by atoms with van der Waals surface area (Å²) in [6.07, 6.45) is 0. The van der Waals surface area contributed by atoms with Crippen LogP contribution in [-0.2, 0) is 11.3 Å². The number of carbonyl (C=O) groups is 1. The van der Waals surface area contributed by atoms with Gasteiger partial charge in [0.15, 0.2) is 11.5 Å². The van der Waals surface area contributed by atoms with Gasteiger partial charge in [0.25, 0.3) is 0 Å². The van der Waals surface area contributed by atoms with E-state index in [1.54, 1.807) is 38.5 Å². The van der Waals surface area contributed by atoms with E-state index < -0.39 is 0 Å². The van der Waals surface area contributed by atoms with Crippen molar-refractivity contribution in [3.8, 4) is 17.2 Å². The number of halogens is 1. The van der Waals surface area contributed by atoms with Crippen LogP contribution in [0, 0.1) is 11.7 Å². The molecule has 0 aromatic heterocycles. The van der Waals surface area contributed by atoms with Crippen LogP contribution < -0.4 is 30.4 Å². The Hall–Kier alpha value is -2.84. The van der Waals surface area contributed by atoms with E-state index in [4.69, 9.17) is 14.2 Å². The molecule has 0 radical (unpaired) electrons. The Labute approximate surface area is 163 Å². The van der Waals surface area contributed by atoms with Gasteiger partial charge in [0.05, 0.1) is 33.3 Å². The lowest BCUT2D eigenvalue weighted by Gasteiger charge is -2.19. The zero-order chi connectivity index (χ0) is 20.1. The van der Waals surface area contributed by atoms with Gasteiger partial charge in [-0.2, -0.15) is 0 Å². The molecule has 3 rings (SSSR count). The highest BCUT2D eigenvalue weighted by Gasteiger charge is 2.33. The van der Waals surface area contributed by atoms with E-state index in [9.17, 15) is 9.18 Å². The number of hydrogen-bond acceptors (Lipinski definition) is 6. The molecule has 2 atom stereocenters. The highest BCUT2D eigenvalue weighted by Crippen LogP contribution is 2.38. The van der Waals surface area contributed by atoms with E-state index in [0.717, 1.165) is 11.1 Å². The van der Waals surface area contributed by atoms with E-state index in [1.807, 2.05) is 0 Å². The molecule has 150 valence electrons. The lowest BCUT2D eigenvalue weighted by Crippen LogP contribution is -2.34. The predicted molar refractivity (Wildman–Crippen MR) is 102 cm³/mol. The standard InChI is InChI=1S/C20H24FN3O4/c1-26-16-8-12(9-17(27-2)19(16)28-3)10-22-20(25)15-11-23-24-18(15)13-4-6-14(21)7-5-13/h4-9,15,18,23-24H,10-11H2,1-3H3,(H,22,25). The third-order valence-electron chi connectivity index (χ3n) is 4.74. The molecular weight excluding hydrogens is 365 g/mol. The van der Waals surface area contributed by atoms with Gasteiger partial charge in [-0.05, 0) is 35.4 Å². The number of amides is 1. The molecular formula is C20H24FN3O4. The van der Waals surface area contributed by atoms with Gasteiger partial charge in [-0.15, -0.1) is 0 Å². The van der Waals surface area contributed by atoms with Crippen LogP contribution in [0.1, 0.15) is 17.2 Å². The quantitative estimate of drug-likeness (QED) is 0.672. The second-order valence-electron chi connectivity index (χ2n) is 6.41. The monoisotopic (exact) mass is 389 g/mol. The normalized spacial score (nSPS) is 18.6. The number of carbonyl (C=O) groups excluding carboxylic acids is 1. The molecule has 0 saturated carbocycles. The zero-order valence-electron chi connectivity index (χ0n) is 16.0. The van der Waals surface area contributed by atoms with Crippen molar-refractivity contribution in [2.24, 2.45) is 5.92 Å². The second kappa shape index (κ2) is 8.90. The number of methoxy groups -OCH3 is 3. The van der Waals surface area contributed by atoms with Crippen molar-refractivity contribution in [1.82, 2.24) is 16.2 Å². The first-order valence-corrected chi connectivity index (χ1v) is 8.87. The van der Waals surface area contributed by atoms with Gasteiger partial charge in [-0.25, -0.2) is 9.82 Å². The molecule has 1 fully saturated rings. The minimum atomic E-state index is -0.326. The third-order valence-corrected chi connectivity index (χ3v) is 4.74. The van der Waals surface area contributed by atoms with Crippen molar-refractivity contribution < 1.29 is 23.4 Å². The fourth-order valence-corrected chi connectivity index (χ4v) is 3.28. The first-order valence-electron chi connectivity index (χ1n) is 8.87.